The number of primary amides is 1. The lowest BCUT2D eigenvalue weighted by Crippen LogP contribution is -2.17. The Labute approximate surface area is 141 Å². The van der Waals surface area contributed by atoms with Crippen LogP contribution in [0.2, 0.25) is 0 Å². The summed E-state index contributed by atoms with van der Waals surface area (Å²) < 4.78 is 10.2. The van der Waals surface area contributed by atoms with Gasteiger partial charge in [-0.2, -0.15) is 0 Å². The molecule has 0 saturated heterocycles. The van der Waals surface area contributed by atoms with Gasteiger partial charge in [-0.05, 0) is 35.7 Å². The Morgan fingerprint density at radius 1 is 1.25 bits per heavy atom. The Kier molecular flexibility index (Phi) is 4.30. The predicted molar refractivity (Wildman–Crippen MR) is 89.3 cm³/mol. The number of ether oxygens (including phenoxy) is 1. The highest BCUT2D eigenvalue weighted by atomic mass is 32.1. The quantitative estimate of drug-likeness (QED) is 0.740. The number of aromatic nitrogens is 1. The molecule has 0 fully saturated rings. The number of amides is 2. The summed E-state index contributed by atoms with van der Waals surface area (Å²) in [5.41, 5.74) is 6.14. The first kappa shape index (κ1) is 15.8. The van der Waals surface area contributed by atoms with Crippen molar-refractivity contribution in [3.8, 4) is 16.3 Å². The Balaban J connectivity index is 1.89. The van der Waals surface area contributed by atoms with Gasteiger partial charge in [0.15, 0.2) is 0 Å². The van der Waals surface area contributed by atoms with Gasteiger partial charge in [0.1, 0.15) is 17.0 Å². The van der Waals surface area contributed by atoms with E-state index in [1.165, 1.54) is 18.4 Å². The molecule has 3 aromatic rings. The van der Waals surface area contributed by atoms with Gasteiger partial charge >= 0.3 is 0 Å². The summed E-state index contributed by atoms with van der Waals surface area (Å²) in [4.78, 5) is 24.8. The third kappa shape index (κ3) is 2.99. The van der Waals surface area contributed by atoms with Crippen molar-refractivity contribution in [3.05, 3.63) is 52.9 Å². The normalized spacial score (nSPS) is 10.4. The van der Waals surface area contributed by atoms with E-state index in [4.69, 9.17) is 15.0 Å². The smallest absolute Gasteiger partial charge is 0.258 e. The molecule has 1 aromatic carbocycles. The minimum atomic E-state index is -0.732. The highest BCUT2D eigenvalue weighted by Gasteiger charge is 2.24. The molecule has 0 atom stereocenters. The van der Waals surface area contributed by atoms with E-state index in [1.807, 2.05) is 11.4 Å². The van der Waals surface area contributed by atoms with Crippen LogP contribution in [0.15, 0.2) is 46.3 Å². The molecule has 0 saturated carbocycles. The number of methoxy groups -OCH3 is 1. The van der Waals surface area contributed by atoms with Gasteiger partial charge in [-0.3, -0.25) is 14.9 Å². The molecule has 0 aliphatic heterocycles. The number of thiophene rings is 1. The maximum Gasteiger partial charge on any atom is 0.258 e. The molecule has 3 N–H and O–H groups in total. The van der Waals surface area contributed by atoms with Crippen LogP contribution < -0.4 is 15.8 Å². The molecule has 2 heterocycles. The highest BCUT2D eigenvalue weighted by molar-refractivity contribution is 7.13. The predicted octanol–water partition coefficient (Wildman–Crippen LogP) is 2.76. The summed E-state index contributed by atoms with van der Waals surface area (Å²) in [6.45, 7) is 0. The van der Waals surface area contributed by atoms with Crippen molar-refractivity contribution in [1.82, 2.24) is 5.16 Å². The number of nitrogens with zero attached hydrogens (tertiary/aromatic N) is 1. The van der Waals surface area contributed by atoms with Crippen LogP contribution in [0.5, 0.6) is 5.75 Å². The fraction of sp³-hybridized carbons (Fsp3) is 0.0625. The second kappa shape index (κ2) is 6.55. The van der Waals surface area contributed by atoms with Gasteiger partial charge in [-0.25, -0.2) is 0 Å². The van der Waals surface area contributed by atoms with Crippen molar-refractivity contribution >= 4 is 29.0 Å². The molecule has 2 amide bonds. The maximum absolute atomic E-state index is 12.3. The van der Waals surface area contributed by atoms with Gasteiger partial charge in [0.2, 0.25) is 5.88 Å². The number of hydrogen-bond donors (Lipinski definition) is 2. The summed E-state index contributed by atoms with van der Waals surface area (Å²) in [6, 6.07) is 10.1. The molecule has 2 aromatic heterocycles. The van der Waals surface area contributed by atoms with Crippen LogP contribution in [0, 0.1) is 0 Å². The maximum atomic E-state index is 12.3. The van der Waals surface area contributed by atoms with Crippen LogP contribution in [-0.4, -0.2) is 24.1 Å². The number of hydrogen-bond acceptors (Lipinski definition) is 6. The van der Waals surface area contributed by atoms with Crippen LogP contribution >= 0.6 is 11.3 Å². The van der Waals surface area contributed by atoms with Gasteiger partial charge in [0.25, 0.3) is 11.8 Å². The van der Waals surface area contributed by atoms with Gasteiger partial charge in [0, 0.05) is 5.56 Å². The molecular weight excluding hydrogens is 330 g/mol. The third-order valence-corrected chi connectivity index (χ3v) is 4.15. The fourth-order valence-electron chi connectivity index (χ4n) is 2.10. The van der Waals surface area contributed by atoms with Gasteiger partial charge < -0.3 is 15.0 Å². The lowest BCUT2D eigenvalue weighted by Gasteiger charge is -2.04. The molecule has 3 rings (SSSR count). The number of nitrogens with two attached hydrogens (primary N) is 1. The highest BCUT2D eigenvalue weighted by Crippen LogP contribution is 2.31. The average Bonchev–Trinajstić information content (AvgIpc) is 3.23. The Morgan fingerprint density at radius 2 is 2.00 bits per heavy atom. The summed E-state index contributed by atoms with van der Waals surface area (Å²) in [5.74, 6) is -0.630. The van der Waals surface area contributed by atoms with Crippen molar-refractivity contribution in [1.29, 1.82) is 0 Å². The van der Waals surface area contributed by atoms with E-state index in [2.05, 4.69) is 10.5 Å². The second-order valence-electron chi connectivity index (χ2n) is 4.76. The Hall–Kier alpha value is -3.13. The van der Waals surface area contributed by atoms with Crippen molar-refractivity contribution in [2.45, 2.75) is 0 Å². The molecule has 0 radical (unpaired) electrons. The number of anilines is 1. The first-order valence-electron chi connectivity index (χ1n) is 6.89. The zero-order valence-electron chi connectivity index (χ0n) is 12.6. The van der Waals surface area contributed by atoms with E-state index in [9.17, 15) is 9.59 Å². The number of benzene rings is 1. The lowest BCUT2D eigenvalue weighted by molar-refractivity contribution is 0.100. The molecule has 24 heavy (non-hydrogen) atoms. The standard InChI is InChI=1S/C16H13N3O4S/c1-22-10-6-4-9(5-7-10)15(21)18-16-12(14(17)20)13(19-23-16)11-3-2-8-24-11/h2-8H,1H3,(H2,17,20)(H,18,21). The molecule has 122 valence electrons. The number of carbonyl (C=O) groups is 2. The molecule has 7 nitrogen and oxygen atoms in total. The number of carbonyl (C=O) groups excluding carboxylic acids is 2. The SMILES string of the molecule is COc1ccc(C(=O)Nc2onc(-c3cccs3)c2C(N)=O)cc1. The van der Waals surface area contributed by atoms with Gasteiger partial charge in [0.05, 0.1) is 12.0 Å². The van der Waals surface area contributed by atoms with E-state index in [-0.39, 0.29) is 11.4 Å². The minimum absolute atomic E-state index is 0.0410. The Morgan fingerprint density at radius 3 is 2.58 bits per heavy atom. The average molecular weight is 343 g/mol. The summed E-state index contributed by atoms with van der Waals surface area (Å²) in [7, 11) is 1.54. The van der Waals surface area contributed by atoms with Crippen molar-refractivity contribution in [2.24, 2.45) is 5.73 Å². The Bertz CT molecular complexity index is 869. The monoisotopic (exact) mass is 343 g/mol. The summed E-state index contributed by atoms with van der Waals surface area (Å²) in [5, 5.41) is 8.21. The van der Waals surface area contributed by atoms with E-state index in [1.54, 1.807) is 30.3 Å². The van der Waals surface area contributed by atoms with E-state index >= 15 is 0 Å². The molecule has 8 heteroatoms. The molecule has 0 bridgehead atoms. The van der Waals surface area contributed by atoms with Gasteiger partial charge in [-0.15, -0.1) is 11.3 Å². The molecular formula is C16H13N3O4S. The van der Waals surface area contributed by atoms with Crippen LogP contribution in [0.1, 0.15) is 20.7 Å². The third-order valence-electron chi connectivity index (χ3n) is 3.27. The van der Waals surface area contributed by atoms with E-state index < -0.39 is 11.8 Å². The molecule has 0 spiro atoms. The summed E-state index contributed by atoms with van der Waals surface area (Å²) in [6.07, 6.45) is 0. The largest absolute Gasteiger partial charge is 0.497 e. The van der Waals surface area contributed by atoms with Gasteiger partial charge in [-0.1, -0.05) is 11.2 Å². The van der Waals surface area contributed by atoms with Crippen molar-refractivity contribution < 1.29 is 18.8 Å². The van der Waals surface area contributed by atoms with Crippen LogP contribution in [0.3, 0.4) is 0 Å². The minimum Gasteiger partial charge on any atom is -0.497 e. The van der Waals surface area contributed by atoms with E-state index in [0.29, 0.717) is 17.0 Å². The van der Waals surface area contributed by atoms with Crippen LogP contribution in [-0.2, 0) is 0 Å². The van der Waals surface area contributed by atoms with Crippen LogP contribution in [0.25, 0.3) is 10.6 Å². The molecule has 0 aliphatic carbocycles. The number of rotatable bonds is 5. The topological polar surface area (TPSA) is 107 Å². The fourth-order valence-corrected chi connectivity index (χ4v) is 2.82. The molecule has 0 aliphatic rings. The first-order valence-corrected chi connectivity index (χ1v) is 7.77. The zero-order valence-corrected chi connectivity index (χ0v) is 13.4. The number of nitrogens with one attached hydrogen (secondary N) is 1. The van der Waals surface area contributed by atoms with Crippen LogP contribution in [0.4, 0.5) is 5.88 Å². The van der Waals surface area contributed by atoms with Crippen molar-refractivity contribution in [3.63, 3.8) is 0 Å². The van der Waals surface area contributed by atoms with E-state index in [0.717, 1.165) is 4.88 Å². The second-order valence-corrected chi connectivity index (χ2v) is 5.71. The lowest BCUT2D eigenvalue weighted by atomic mass is 10.1. The molecule has 0 unspecified atom stereocenters. The first-order chi connectivity index (χ1) is 11.6. The zero-order chi connectivity index (χ0) is 17.1. The summed E-state index contributed by atoms with van der Waals surface area (Å²) >= 11 is 1.38. The van der Waals surface area contributed by atoms with Crippen molar-refractivity contribution in [2.75, 3.05) is 12.4 Å².